The third-order valence-electron chi connectivity index (χ3n) is 2.01. The Morgan fingerprint density at radius 1 is 1.46 bits per heavy atom. The van der Waals surface area contributed by atoms with Gasteiger partial charge in [-0.15, -0.1) is 0 Å². The van der Waals surface area contributed by atoms with E-state index in [-0.39, 0.29) is 0 Å². The summed E-state index contributed by atoms with van der Waals surface area (Å²) < 4.78 is 0. The molecule has 1 aromatic carbocycles. The first kappa shape index (κ1) is 7.81. The van der Waals surface area contributed by atoms with E-state index in [0.29, 0.717) is 6.42 Å². The van der Waals surface area contributed by atoms with Crippen molar-refractivity contribution >= 4 is 6.21 Å². The van der Waals surface area contributed by atoms with Gasteiger partial charge in [-0.25, -0.2) is 0 Å². The smallest absolute Gasteiger partial charge is 0.252 e. The van der Waals surface area contributed by atoms with E-state index in [1.165, 1.54) is 0 Å². The maximum atomic E-state index is 8.99. The van der Waals surface area contributed by atoms with E-state index >= 15 is 0 Å². The normalized spacial score (nSPS) is 25.2. The zero-order chi connectivity index (χ0) is 9.15. The fourth-order valence-electron chi connectivity index (χ4n) is 1.27. The number of hydrogen-bond donors (Lipinski definition) is 0. The van der Waals surface area contributed by atoms with Gasteiger partial charge in [0.2, 0.25) is 0 Å². The number of benzene rings is 1. The van der Waals surface area contributed by atoms with E-state index in [4.69, 9.17) is 10.1 Å². The molecule has 0 saturated heterocycles. The minimum Gasteiger partial charge on any atom is -0.368 e. The molecule has 0 spiro atoms. The van der Waals surface area contributed by atoms with Crippen LogP contribution in [0.4, 0.5) is 0 Å². The molecule has 0 bridgehead atoms. The molecular formula is C10H7N2O. The van der Waals surface area contributed by atoms with Crippen LogP contribution in [0.1, 0.15) is 12.0 Å². The van der Waals surface area contributed by atoms with Crippen LogP contribution in [0.3, 0.4) is 0 Å². The molecule has 0 saturated carbocycles. The van der Waals surface area contributed by atoms with E-state index < -0.39 is 5.60 Å². The molecule has 1 aliphatic rings. The van der Waals surface area contributed by atoms with Crippen molar-refractivity contribution in [2.75, 3.05) is 0 Å². The molecule has 0 aromatic heterocycles. The van der Waals surface area contributed by atoms with Crippen LogP contribution < -0.4 is 0 Å². The van der Waals surface area contributed by atoms with Gasteiger partial charge in [-0.2, -0.15) is 5.26 Å². The van der Waals surface area contributed by atoms with Crippen LogP contribution in [0, 0.1) is 11.3 Å². The Bertz CT molecular complexity index is 356. The fraction of sp³-hybridized carbons (Fsp3) is 0.200. The highest BCUT2D eigenvalue weighted by molar-refractivity contribution is 5.62. The van der Waals surface area contributed by atoms with Crippen molar-refractivity contribution in [3.63, 3.8) is 0 Å². The summed E-state index contributed by atoms with van der Waals surface area (Å²) >= 11 is 0. The van der Waals surface area contributed by atoms with Gasteiger partial charge in [0.15, 0.2) is 0 Å². The minimum absolute atomic E-state index is 0.396. The molecule has 13 heavy (non-hydrogen) atoms. The number of rotatable bonds is 1. The van der Waals surface area contributed by atoms with E-state index in [9.17, 15) is 0 Å². The Morgan fingerprint density at radius 3 is 2.77 bits per heavy atom. The average Bonchev–Trinajstić information content (AvgIpc) is 2.69. The summed E-state index contributed by atoms with van der Waals surface area (Å²) in [5.74, 6) is 0. The third-order valence-corrected chi connectivity index (χ3v) is 2.01. The number of nitrogens with zero attached hydrogens (tertiary/aromatic N) is 2. The average molecular weight is 171 g/mol. The summed E-state index contributed by atoms with van der Waals surface area (Å²) in [7, 11) is 0. The molecule has 1 radical (unpaired) electrons. The SMILES string of the molecule is N#CC1(c2ccccc2)C[C]=NO1. The highest BCUT2D eigenvalue weighted by atomic mass is 16.7. The van der Waals surface area contributed by atoms with Crippen molar-refractivity contribution in [3.8, 4) is 6.07 Å². The molecule has 0 N–H and O–H groups in total. The first-order chi connectivity index (χ1) is 6.37. The van der Waals surface area contributed by atoms with Gasteiger partial charge in [0.05, 0.1) is 6.42 Å². The van der Waals surface area contributed by atoms with Gasteiger partial charge in [0.1, 0.15) is 12.3 Å². The predicted octanol–water partition coefficient (Wildman–Crippen LogP) is 1.69. The maximum Gasteiger partial charge on any atom is 0.252 e. The Labute approximate surface area is 76.2 Å². The van der Waals surface area contributed by atoms with E-state index in [2.05, 4.69) is 17.4 Å². The minimum atomic E-state index is -0.943. The van der Waals surface area contributed by atoms with Crippen molar-refractivity contribution in [3.05, 3.63) is 35.9 Å². The summed E-state index contributed by atoms with van der Waals surface area (Å²) in [6.45, 7) is 0. The zero-order valence-corrected chi connectivity index (χ0v) is 6.90. The summed E-state index contributed by atoms with van der Waals surface area (Å²) in [6.07, 6.45) is 3.04. The van der Waals surface area contributed by atoms with Gasteiger partial charge in [-0.05, 0) is 0 Å². The molecule has 0 aliphatic carbocycles. The number of hydrogen-bond acceptors (Lipinski definition) is 3. The van der Waals surface area contributed by atoms with Gasteiger partial charge in [-0.3, -0.25) is 0 Å². The summed E-state index contributed by atoms with van der Waals surface area (Å²) in [5, 5.41) is 12.5. The Hall–Kier alpha value is -1.82. The van der Waals surface area contributed by atoms with Crippen LogP contribution in [-0.4, -0.2) is 6.21 Å². The van der Waals surface area contributed by atoms with Gasteiger partial charge >= 0.3 is 0 Å². The zero-order valence-electron chi connectivity index (χ0n) is 6.90. The highest BCUT2D eigenvalue weighted by Crippen LogP contribution is 2.31. The van der Waals surface area contributed by atoms with E-state index in [1.807, 2.05) is 30.3 Å². The Morgan fingerprint density at radius 2 is 2.23 bits per heavy atom. The van der Waals surface area contributed by atoms with Crippen LogP contribution in [0.15, 0.2) is 35.5 Å². The quantitative estimate of drug-likeness (QED) is 0.645. The molecule has 1 unspecified atom stereocenters. The van der Waals surface area contributed by atoms with Gasteiger partial charge < -0.3 is 4.84 Å². The molecular weight excluding hydrogens is 164 g/mol. The lowest BCUT2D eigenvalue weighted by atomic mass is 9.93. The second-order valence-corrected chi connectivity index (χ2v) is 2.82. The van der Waals surface area contributed by atoms with Crippen molar-refractivity contribution in [1.82, 2.24) is 0 Å². The lowest BCUT2D eigenvalue weighted by Crippen LogP contribution is -2.22. The first-order valence-electron chi connectivity index (χ1n) is 3.95. The fourth-order valence-corrected chi connectivity index (χ4v) is 1.27. The molecule has 0 fully saturated rings. The maximum absolute atomic E-state index is 8.99. The largest absolute Gasteiger partial charge is 0.368 e. The molecule has 3 nitrogen and oxygen atoms in total. The topological polar surface area (TPSA) is 45.4 Å². The van der Waals surface area contributed by atoms with Gasteiger partial charge in [0, 0.05) is 5.56 Å². The van der Waals surface area contributed by atoms with Crippen molar-refractivity contribution in [2.45, 2.75) is 12.0 Å². The molecule has 0 amide bonds. The standard InChI is InChI=1S/C10H7N2O/c11-8-10(6-7-12-13-10)9-4-2-1-3-5-9/h1-5H,6H2. The second-order valence-electron chi connectivity index (χ2n) is 2.82. The van der Waals surface area contributed by atoms with Crippen LogP contribution in [-0.2, 0) is 10.4 Å². The molecule has 2 rings (SSSR count). The third kappa shape index (κ3) is 1.17. The molecule has 1 heterocycles. The first-order valence-corrected chi connectivity index (χ1v) is 3.95. The lowest BCUT2D eigenvalue weighted by Gasteiger charge is -2.17. The number of nitriles is 1. The van der Waals surface area contributed by atoms with Crippen molar-refractivity contribution in [2.24, 2.45) is 5.16 Å². The monoisotopic (exact) mass is 171 g/mol. The molecule has 1 atom stereocenters. The van der Waals surface area contributed by atoms with Crippen molar-refractivity contribution < 1.29 is 4.84 Å². The van der Waals surface area contributed by atoms with Crippen LogP contribution in [0.25, 0.3) is 0 Å². The molecule has 63 valence electrons. The van der Waals surface area contributed by atoms with E-state index in [1.54, 1.807) is 0 Å². The van der Waals surface area contributed by atoms with Gasteiger partial charge in [0.25, 0.3) is 5.60 Å². The molecule has 1 aromatic rings. The summed E-state index contributed by atoms with van der Waals surface area (Å²) in [4.78, 5) is 5.03. The Balaban J connectivity index is 2.40. The van der Waals surface area contributed by atoms with Crippen LogP contribution >= 0.6 is 0 Å². The lowest BCUT2D eigenvalue weighted by molar-refractivity contribution is 0.0243. The van der Waals surface area contributed by atoms with Crippen molar-refractivity contribution in [1.29, 1.82) is 5.26 Å². The van der Waals surface area contributed by atoms with E-state index in [0.717, 1.165) is 5.56 Å². The highest BCUT2D eigenvalue weighted by Gasteiger charge is 2.37. The van der Waals surface area contributed by atoms with Crippen LogP contribution in [0.2, 0.25) is 0 Å². The predicted molar refractivity (Wildman–Crippen MR) is 46.9 cm³/mol. The second kappa shape index (κ2) is 2.91. The van der Waals surface area contributed by atoms with Crippen LogP contribution in [0.5, 0.6) is 0 Å². The Kier molecular flexibility index (Phi) is 1.75. The summed E-state index contributed by atoms with van der Waals surface area (Å²) in [6, 6.07) is 11.5. The summed E-state index contributed by atoms with van der Waals surface area (Å²) in [5.41, 5.74) is -0.118. The molecule has 3 heteroatoms. The van der Waals surface area contributed by atoms with Gasteiger partial charge in [-0.1, -0.05) is 35.5 Å². The molecule has 1 aliphatic heterocycles.